The fraction of sp³-hybridized carbons (Fsp3) is 0.333. The Morgan fingerprint density at radius 3 is 2.43 bits per heavy atom. The highest BCUT2D eigenvalue weighted by Crippen LogP contribution is 2.53. The third kappa shape index (κ3) is 2.03. The summed E-state index contributed by atoms with van der Waals surface area (Å²) in [5.41, 5.74) is 2.25. The number of hydrogen-bond donors (Lipinski definition) is 2. The van der Waals surface area contributed by atoms with Crippen molar-refractivity contribution in [3.8, 4) is 0 Å². The zero-order chi connectivity index (χ0) is 14.3. The van der Waals surface area contributed by atoms with Crippen molar-refractivity contribution in [2.45, 2.75) is 34.2 Å². The van der Waals surface area contributed by atoms with E-state index >= 15 is 0 Å². The molecule has 0 aromatic heterocycles. The van der Waals surface area contributed by atoms with Gasteiger partial charge in [0.1, 0.15) is 0 Å². The first-order valence-electron chi connectivity index (χ1n) is 7.56. The van der Waals surface area contributed by atoms with E-state index in [2.05, 4.69) is 47.8 Å². The van der Waals surface area contributed by atoms with Gasteiger partial charge in [0.25, 0.3) is 0 Å². The van der Waals surface area contributed by atoms with E-state index in [0.29, 0.717) is 0 Å². The normalized spacial score (nSPS) is 23.2. The molecular weight excluding hydrogens is 278 g/mol. The first kappa shape index (κ1) is 13.4. The maximum atomic E-state index is 11.2. The number of nitrogens with one attached hydrogen (secondary N) is 1. The molecule has 1 atom stereocenters. The molecule has 2 aliphatic heterocycles. The van der Waals surface area contributed by atoms with Gasteiger partial charge < -0.3 is 10.4 Å². The highest BCUT2D eigenvalue weighted by atomic mass is 32.2. The molecule has 4 rings (SSSR count). The van der Waals surface area contributed by atoms with Crippen LogP contribution in [0.1, 0.15) is 30.1 Å². The van der Waals surface area contributed by atoms with Gasteiger partial charge in [-0.2, -0.15) is 0 Å². The number of rotatable bonds is 0. The van der Waals surface area contributed by atoms with Crippen molar-refractivity contribution in [1.29, 1.82) is 0 Å². The molecule has 21 heavy (non-hydrogen) atoms. The quantitative estimate of drug-likeness (QED) is 0.780. The van der Waals surface area contributed by atoms with E-state index in [1.807, 2.05) is 6.07 Å². The maximum absolute atomic E-state index is 11.2. The summed E-state index contributed by atoms with van der Waals surface area (Å²) in [5, 5.41) is 14.7. The lowest BCUT2D eigenvalue weighted by atomic mass is 9.67. The molecule has 2 aliphatic rings. The smallest absolute Gasteiger partial charge is 0.0898 e. The van der Waals surface area contributed by atoms with Gasteiger partial charge in [0.15, 0.2) is 0 Å². The van der Waals surface area contributed by atoms with E-state index in [0.717, 1.165) is 31.5 Å². The minimum absolute atomic E-state index is 0.151. The van der Waals surface area contributed by atoms with Crippen LogP contribution in [-0.4, -0.2) is 18.2 Å². The molecule has 1 unspecified atom stereocenters. The zero-order valence-corrected chi connectivity index (χ0v) is 12.7. The van der Waals surface area contributed by atoms with Crippen LogP contribution in [0, 0.1) is 0 Å². The Morgan fingerprint density at radius 2 is 1.62 bits per heavy atom. The summed E-state index contributed by atoms with van der Waals surface area (Å²) in [6.45, 7) is 1.94. The predicted molar refractivity (Wildman–Crippen MR) is 85.7 cm³/mol. The Morgan fingerprint density at radius 1 is 0.952 bits per heavy atom. The van der Waals surface area contributed by atoms with Crippen LogP contribution >= 0.6 is 11.8 Å². The van der Waals surface area contributed by atoms with Gasteiger partial charge in [0.05, 0.1) is 6.10 Å². The van der Waals surface area contributed by atoms with Crippen LogP contribution in [0.3, 0.4) is 0 Å². The van der Waals surface area contributed by atoms with E-state index in [-0.39, 0.29) is 5.41 Å². The molecule has 2 N–H and O–H groups in total. The zero-order valence-electron chi connectivity index (χ0n) is 11.9. The van der Waals surface area contributed by atoms with Gasteiger partial charge >= 0.3 is 0 Å². The molecule has 3 heteroatoms. The number of benzene rings is 2. The lowest BCUT2D eigenvalue weighted by Gasteiger charge is -2.42. The molecule has 1 saturated heterocycles. The van der Waals surface area contributed by atoms with Crippen LogP contribution in [0.4, 0.5) is 0 Å². The van der Waals surface area contributed by atoms with Crippen molar-refractivity contribution in [2.75, 3.05) is 13.1 Å². The minimum Gasteiger partial charge on any atom is -0.387 e. The average Bonchev–Trinajstić information content (AvgIpc) is 2.64. The fourth-order valence-corrected chi connectivity index (χ4v) is 4.95. The molecule has 0 bridgehead atoms. The molecular formula is C18H19NOS. The van der Waals surface area contributed by atoms with Crippen LogP contribution in [0.15, 0.2) is 58.3 Å². The summed E-state index contributed by atoms with van der Waals surface area (Å²) < 4.78 is 0. The van der Waals surface area contributed by atoms with Crippen LogP contribution < -0.4 is 5.32 Å². The Bertz CT molecular complexity index is 664. The monoisotopic (exact) mass is 297 g/mol. The Kier molecular flexibility index (Phi) is 3.29. The van der Waals surface area contributed by atoms with Crippen LogP contribution in [-0.2, 0) is 5.41 Å². The number of piperidine rings is 1. The molecule has 2 heterocycles. The SMILES string of the molecule is OC1c2ccccc2Sc2ccccc2C12CCNCC2. The van der Waals surface area contributed by atoms with Crippen LogP contribution in [0.5, 0.6) is 0 Å². The molecule has 0 radical (unpaired) electrons. The van der Waals surface area contributed by atoms with Gasteiger partial charge in [-0.05, 0) is 49.2 Å². The number of fused-ring (bicyclic) bond motifs is 3. The lowest BCUT2D eigenvalue weighted by Crippen LogP contribution is -2.44. The second-order valence-electron chi connectivity index (χ2n) is 5.94. The van der Waals surface area contributed by atoms with Gasteiger partial charge in [0, 0.05) is 15.2 Å². The van der Waals surface area contributed by atoms with Crippen molar-refractivity contribution in [3.63, 3.8) is 0 Å². The molecule has 0 saturated carbocycles. The number of aliphatic hydroxyl groups is 1. The standard InChI is InChI=1S/C18H19NOS/c20-17-13-5-1-3-7-15(13)21-16-8-4-2-6-14(16)18(17)9-11-19-12-10-18/h1-8,17,19-20H,9-12H2. The second-order valence-corrected chi connectivity index (χ2v) is 7.03. The molecule has 1 fully saturated rings. The summed E-state index contributed by atoms with van der Waals surface area (Å²) in [7, 11) is 0. The van der Waals surface area contributed by atoms with E-state index in [1.165, 1.54) is 15.4 Å². The van der Waals surface area contributed by atoms with Crippen molar-refractivity contribution in [1.82, 2.24) is 5.32 Å². The molecule has 1 spiro atoms. The van der Waals surface area contributed by atoms with Crippen molar-refractivity contribution in [2.24, 2.45) is 0 Å². The largest absolute Gasteiger partial charge is 0.387 e. The molecule has 108 valence electrons. The topological polar surface area (TPSA) is 32.3 Å². The molecule has 2 aromatic carbocycles. The van der Waals surface area contributed by atoms with Crippen molar-refractivity contribution < 1.29 is 5.11 Å². The van der Waals surface area contributed by atoms with E-state index in [1.54, 1.807) is 11.8 Å². The van der Waals surface area contributed by atoms with Gasteiger partial charge in [-0.1, -0.05) is 48.2 Å². The van der Waals surface area contributed by atoms with Crippen LogP contribution in [0.25, 0.3) is 0 Å². The summed E-state index contributed by atoms with van der Waals surface area (Å²) in [5.74, 6) is 0. The first-order chi connectivity index (χ1) is 10.3. The summed E-state index contributed by atoms with van der Waals surface area (Å²) >= 11 is 1.79. The maximum Gasteiger partial charge on any atom is 0.0898 e. The van der Waals surface area contributed by atoms with Crippen molar-refractivity contribution >= 4 is 11.8 Å². The number of hydrogen-bond acceptors (Lipinski definition) is 3. The Labute approximate surface area is 129 Å². The average molecular weight is 297 g/mol. The molecule has 2 aromatic rings. The van der Waals surface area contributed by atoms with Gasteiger partial charge in [-0.25, -0.2) is 0 Å². The predicted octanol–water partition coefficient (Wildman–Crippen LogP) is 3.51. The molecule has 0 aliphatic carbocycles. The van der Waals surface area contributed by atoms with Gasteiger partial charge in [0.2, 0.25) is 0 Å². The summed E-state index contributed by atoms with van der Waals surface area (Å²) in [6.07, 6.45) is 1.55. The Hall–Kier alpha value is -1.29. The van der Waals surface area contributed by atoms with Gasteiger partial charge in [-0.15, -0.1) is 0 Å². The van der Waals surface area contributed by atoms with E-state index < -0.39 is 6.10 Å². The third-order valence-corrected chi connectivity index (χ3v) is 6.04. The van der Waals surface area contributed by atoms with E-state index in [9.17, 15) is 5.11 Å². The van der Waals surface area contributed by atoms with Crippen LogP contribution in [0.2, 0.25) is 0 Å². The highest BCUT2D eigenvalue weighted by molar-refractivity contribution is 7.99. The number of aliphatic hydroxyl groups excluding tert-OH is 1. The fourth-order valence-electron chi connectivity index (χ4n) is 3.75. The minimum atomic E-state index is -0.424. The highest BCUT2D eigenvalue weighted by Gasteiger charge is 2.44. The molecule has 2 nitrogen and oxygen atoms in total. The Balaban J connectivity index is 1.96. The lowest BCUT2D eigenvalue weighted by molar-refractivity contribution is 0.0545. The van der Waals surface area contributed by atoms with Crippen molar-refractivity contribution in [3.05, 3.63) is 59.7 Å². The summed E-state index contributed by atoms with van der Waals surface area (Å²) in [4.78, 5) is 2.48. The first-order valence-corrected chi connectivity index (χ1v) is 8.38. The van der Waals surface area contributed by atoms with Gasteiger partial charge in [-0.3, -0.25) is 0 Å². The summed E-state index contributed by atoms with van der Waals surface area (Å²) in [6, 6.07) is 16.9. The second kappa shape index (κ2) is 5.16. The third-order valence-electron chi connectivity index (χ3n) is 4.88. The molecule has 0 amide bonds. The van der Waals surface area contributed by atoms with E-state index in [4.69, 9.17) is 0 Å².